The number of halogens is 1. The standard InChI is InChI=1S/C9H9BrN4O2/c10-7-3-1-6(2-4-7)5-15-13-9-12-8(11)16-14-9/h1-4H,5H2,(H3,11,12,13,14). The third-order valence-corrected chi connectivity index (χ3v) is 2.29. The summed E-state index contributed by atoms with van der Waals surface area (Å²) in [6, 6.07) is 7.75. The molecule has 0 aliphatic carbocycles. The first-order valence-electron chi connectivity index (χ1n) is 4.45. The van der Waals surface area contributed by atoms with Crippen LogP contribution in [-0.2, 0) is 11.4 Å². The molecule has 0 bridgehead atoms. The van der Waals surface area contributed by atoms with E-state index in [0.29, 0.717) is 6.61 Å². The van der Waals surface area contributed by atoms with Crippen LogP contribution in [-0.4, -0.2) is 10.1 Å². The summed E-state index contributed by atoms with van der Waals surface area (Å²) in [5, 5.41) is 3.51. The van der Waals surface area contributed by atoms with Gasteiger partial charge in [-0.3, -0.25) is 4.84 Å². The number of rotatable bonds is 4. The molecule has 1 heterocycles. The summed E-state index contributed by atoms with van der Waals surface area (Å²) in [4.78, 5) is 8.87. The highest BCUT2D eigenvalue weighted by molar-refractivity contribution is 9.10. The van der Waals surface area contributed by atoms with Crippen LogP contribution in [0.1, 0.15) is 5.56 Å². The number of hydrogen-bond acceptors (Lipinski definition) is 6. The van der Waals surface area contributed by atoms with E-state index in [4.69, 9.17) is 10.6 Å². The molecule has 0 fully saturated rings. The molecule has 0 amide bonds. The highest BCUT2D eigenvalue weighted by Gasteiger charge is 2.01. The van der Waals surface area contributed by atoms with Crippen molar-refractivity contribution in [3.63, 3.8) is 0 Å². The molecular weight excluding hydrogens is 276 g/mol. The molecule has 84 valence electrons. The van der Waals surface area contributed by atoms with E-state index in [1.807, 2.05) is 24.3 Å². The Morgan fingerprint density at radius 2 is 2.12 bits per heavy atom. The Morgan fingerprint density at radius 1 is 1.38 bits per heavy atom. The average molecular weight is 285 g/mol. The van der Waals surface area contributed by atoms with Gasteiger partial charge in [0.1, 0.15) is 0 Å². The molecule has 0 unspecified atom stereocenters. The first-order chi connectivity index (χ1) is 7.74. The molecule has 0 aliphatic rings. The van der Waals surface area contributed by atoms with Gasteiger partial charge in [-0.05, 0) is 22.9 Å². The van der Waals surface area contributed by atoms with Crippen molar-refractivity contribution in [2.45, 2.75) is 6.61 Å². The van der Waals surface area contributed by atoms with Gasteiger partial charge in [-0.15, -0.1) is 0 Å². The van der Waals surface area contributed by atoms with E-state index in [1.165, 1.54) is 0 Å². The molecule has 2 rings (SSSR count). The molecule has 1 aromatic carbocycles. The largest absolute Gasteiger partial charge is 0.351 e. The number of aromatic nitrogens is 2. The van der Waals surface area contributed by atoms with Gasteiger partial charge < -0.3 is 10.3 Å². The van der Waals surface area contributed by atoms with Crippen molar-refractivity contribution in [2.75, 3.05) is 11.2 Å². The van der Waals surface area contributed by atoms with Crippen LogP contribution in [0.25, 0.3) is 0 Å². The van der Waals surface area contributed by atoms with E-state index >= 15 is 0 Å². The lowest BCUT2D eigenvalue weighted by molar-refractivity contribution is 0.176. The first kappa shape index (κ1) is 10.9. The van der Waals surface area contributed by atoms with Crippen LogP contribution in [0.5, 0.6) is 0 Å². The minimum Gasteiger partial charge on any atom is -0.351 e. The third-order valence-electron chi connectivity index (χ3n) is 1.76. The fraction of sp³-hybridized carbons (Fsp3) is 0.111. The predicted molar refractivity (Wildman–Crippen MR) is 61.3 cm³/mol. The number of nitrogen functional groups attached to an aromatic ring is 1. The molecule has 6 nitrogen and oxygen atoms in total. The van der Waals surface area contributed by atoms with Crippen LogP contribution in [0.4, 0.5) is 12.0 Å². The molecule has 0 saturated carbocycles. The van der Waals surface area contributed by atoms with Gasteiger partial charge in [0.25, 0.3) is 5.95 Å². The van der Waals surface area contributed by atoms with Crippen molar-refractivity contribution in [1.82, 2.24) is 10.1 Å². The van der Waals surface area contributed by atoms with Gasteiger partial charge >= 0.3 is 6.01 Å². The summed E-state index contributed by atoms with van der Waals surface area (Å²) in [6.45, 7) is 0.391. The van der Waals surface area contributed by atoms with Crippen molar-refractivity contribution < 1.29 is 9.36 Å². The maximum atomic E-state index is 5.24. The second-order valence-corrected chi connectivity index (χ2v) is 3.89. The summed E-state index contributed by atoms with van der Waals surface area (Å²) in [5.41, 5.74) is 8.78. The van der Waals surface area contributed by atoms with Crippen LogP contribution >= 0.6 is 15.9 Å². The van der Waals surface area contributed by atoms with Crippen molar-refractivity contribution >= 4 is 27.9 Å². The van der Waals surface area contributed by atoms with Crippen molar-refractivity contribution in [3.05, 3.63) is 34.3 Å². The minimum atomic E-state index is -0.00487. The molecule has 1 aromatic heterocycles. The highest BCUT2D eigenvalue weighted by atomic mass is 79.9. The highest BCUT2D eigenvalue weighted by Crippen LogP contribution is 2.11. The zero-order valence-corrected chi connectivity index (χ0v) is 9.77. The predicted octanol–water partition coefficient (Wildman–Crippen LogP) is 1.96. The lowest BCUT2D eigenvalue weighted by Crippen LogP contribution is -2.02. The number of anilines is 2. The molecule has 0 spiro atoms. The molecule has 0 atom stereocenters. The van der Waals surface area contributed by atoms with E-state index in [1.54, 1.807) is 0 Å². The molecule has 7 heteroatoms. The average Bonchev–Trinajstić information content (AvgIpc) is 2.67. The molecule has 0 aliphatic heterocycles. The molecule has 0 saturated heterocycles. The molecule has 16 heavy (non-hydrogen) atoms. The molecule has 0 radical (unpaired) electrons. The van der Waals surface area contributed by atoms with E-state index < -0.39 is 0 Å². The Bertz CT molecular complexity index is 457. The van der Waals surface area contributed by atoms with Crippen molar-refractivity contribution in [2.24, 2.45) is 0 Å². The third kappa shape index (κ3) is 2.94. The second-order valence-electron chi connectivity index (χ2n) is 2.97. The Balaban J connectivity index is 1.82. The van der Waals surface area contributed by atoms with Gasteiger partial charge in [-0.2, -0.15) is 4.98 Å². The van der Waals surface area contributed by atoms with Gasteiger partial charge in [0.2, 0.25) is 0 Å². The van der Waals surface area contributed by atoms with Gasteiger partial charge in [-0.1, -0.05) is 28.1 Å². The second kappa shape index (κ2) is 4.95. The zero-order chi connectivity index (χ0) is 11.4. The summed E-state index contributed by atoms with van der Waals surface area (Å²) < 4.78 is 5.57. The topological polar surface area (TPSA) is 86.2 Å². The van der Waals surface area contributed by atoms with Crippen LogP contribution in [0, 0.1) is 0 Å². The SMILES string of the molecule is Nc1nc(NOCc2ccc(Br)cc2)no1. The molecule has 2 aromatic rings. The fourth-order valence-corrected chi connectivity index (χ4v) is 1.31. The van der Waals surface area contributed by atoms with E-state index in [9.17, 15) is 0 Å². The summed E-state index contributed by atoms with van der Waals surface area (Å²) >= 11 is 3.35. The smallest absolute Gasteiger partial charge is 0.320 e. The van der Waals surface area contributed by atoms with Crippen LogP contribution < -0.4 is 11.2 Å². The zero-order valence-electron chi connectivity index (χ0n) is 8.18. The quantitative estimate of drug-likeness (QED) is 0.835. The minimum absolute atomic E-state index is 0.00487. The van der Waals surface area contributed by atoms with Gasteiger partial charge in [-0.25, -0.2) is 5.48 Å². The van der Waals surface area contributed by atoms with Crippen molar-refractivity contribution in [3.8, 4) is 0 Å². The Kier molecular flexibility index (Phi) is 3.37. The van der Waals surface area contributed by atoms with Crippen LogP contribution in [0.2, 0.25) is 0 Å². The summed E-state index contributed by atoms with van der Waals surface area (Å²) in [7, 11) is 0. The summed E-state index contributed by atoms with van der Waals surface area (Å²) in [6.07, 6.45) is 0. The number of nitrogens with zero attached hydrogens (tertiary/aromatic N) is 2. The molecule has 3 N–H and O–H groups in total. The maximum absolute atomic E-state index is 5.24. The monoisotopic (exact) mass is 284 g/mol. The first-order valence-corrected chi connectivity index (χ1v) is 5.25. The lowest BCUT2D eigenvalue weighted by atomic mass is 10.2. The lowest BCUT2D eigenvalue weighted by Gasteiger charge is -2.02. The number of hydrogen-bond donors (Lipinski definition) is 2. The normalized spacial score (nSPS) is 10.3. The van der Waals surface area contributed by atoms with Crippen LogP contribution in [0.3, 0.4) is 0 Å². The Morgan fingerprint density at radius 3 is 2.75 bits per heavy atom. The maximum Gasteiger partial charge on any atom is 0.320 e. The van der Waals surface area contributed by atoms with Crippen molar-refractivity contribution in [1.29, 1.82) is 0 Å². The number of nitrogens with two attached hydrogens (primary N) is 1. The number of benzene rings is 1. The van der Waals surface area contributed by atoms with E-state index in [2.05, 4.69) is 36.1 Å². The van der Waals surface area contributed by atoms with E-state index in [0.717, 1.165) is 10.0 Å². The van der Waals surface area contributed by atoms with E-state index in [-0.39, 0.29) is 12.0 Å². The summed E-state index contributed by atoms with van der Waals surface area (Å²) in [5.74, 6) is 0.203. The van der Waals surface area contributed by atoms with Gasteiger partial charge in [0, 0.05) is 4.47 Å². The Labute approximate surface area is 99.9 Å². The number of nitrogens with one attached hydrogen (secondary N) is 1. The molecular formula is C9H9BrN4O2. The Hall–Kier alpha value is -1.60. The van der Waals surface area contributed by atoms with Crippen LogP contribution in [0.15, 0.2) is 33.3 Å². The van der Waals surface area contributed by atoms with Gasteiger partial charge in [0.05, 0.1) is 6.61 Å². The van der Waals surface area contributed by atoms with Gasteiger partial charge in [0.15, 0.2) is 0 Å². The fourth-order valence-electron chi connectivity index (χ4n) is 1.04.